The maximum Gasteiger partial charge on any atom is 0.325 e. The number of hydrogen-bond acceptors (Lipinski definition) is 3. The molecule has 0 unspecified atom stereocenters. The van der Waals surface area contributed by atoms with Crippen molar-refractivity contribution in [3.05, 3.63) is 30.3 Å². The average molecular weight is 273 g/mol. The van der Waals surface area contributed by atoms with Crippen LogP contribution in [0.1, 0.15) is 0 Å². The van der Waals surface area contributed by atoms with Crippen LogP contribution in [-0.2, 0) is 0 Å². The fraction of sp³-hybridized carbons (Fsp3) is 0.417. The summed E-state index contributed by atoms with van der Waals surface area (Å²) in [6.45, 7) is 0.0204. The van der Waals surface area contributed by atoms with Gasteiger partial charge in [0.1, 0.15) is 6.00 Å². The number of hydrogen-bond donors (Lipinski definition) is 2. The zero-order valence-corrected chi connectivity index (χ0v) is 10.8. The first-order valence-corrected chi connectivity index (χ1v) is 6.17. The molecule has 2 amide bonds. The molecule has 1 aromatic rings. The highest BCUT2D eigenvalue weighted by Crippen LogP contribution is 2.16. The lowest BCUT2D eigenvalue weighted by Crippen LogP contribution is -2.45. The molecule has 0 saturated carbocycles. The molecular weight excluding hydrogens is 256 g/mol. The van der Waals surface area contributed by atoms with Crippen molar-refractivity contribution in [2.75, 3.05) is 37.2 Å². The molecular formula is C12H17ClN2O3. The van der Waals surface area contributed by atoms with Crippen LogP contribution in [0.25, 0.3) is 0 Å². The number of amides is 2. The van der Waals surface area contributed by atoms with Crippen molar-refractivity contribution < 1.29 is 15.0 Å². The minimum absolute atomic E-state index is 0.0101. The van der Waals surface area contributed by atoms with Crippen molar-refractivity contribution in [3.8, 4) is 0 Å². The van der Waals surface area contributed by atoms with Gasteiger partial charge in [0.05, 0.1) is 13.2 Å². The molecule has 2 N–H and O–H groups in total. The number of halogens is 1. The van der Waals surface area contributed by atoms with Crippen molar-refractivity contribution in [1.29, 1.82) is 0 Å². The van der Waals surface area contributed by atoms with E-state index in [1.165, 1.54) is 9.80 Å². The van der Waals surface area contributed by atoms with Crippen LogP contribution in [0, 0.1) is 0 Å². The molecule has 0 aliphatic carbocycles. The molecule has 0 fully saturated rings. The molecule has 6 heteroatoms. The lowest BCUT2D eigenvalue weighted by molar-refractivity contribution is 0.163. The summed E-state index contributed by atoms with van der Waals surface area (Å²) >= 11 is 5.79. The van der Waals surface area contributed by atoms with Gasteiger partial charge in [-0.05, 0) is 12.1 Å². The average Bonchev–Trinajstić information content (AvgIpc) is 2.40. The van der Waals surface area contributed by atoms with Gasteiger partial charge in [0.15, 0.2) is 0 Å². The summed E-state index contributed by atoms with van der Waals surface area (Å²) in [4.78, 5) is 14.9. The topological polar surface area (TPSA) is 64.0 Å². The van der Waals surface area contributed by atoms with E-state index >= 15 is 0 Å². The third kappa shape index (κ3) is 3.87. The van der Waals surface area contributed by atoms with E-state index in [9.17, 15) is 4.79 Å². The van der Waals surface area contributed by atoms with Gasteiger partial charge in [-0.15, -0.1) is 11.6 Å². The maximum atomic E-state index is 12.2. The second-order valence-electron chi connectivity index (χ2n) is 3.60. The third-order valence-corrected chi connectivity index (χ3v) is 2.67. The van der Waals surface area contributed by atoms with Gasteiger partial charge in [0.2, 0.25) is 0 Å². The Balaban J connectivity index is 2.83. The number of urea groups is 1. The summed E-state index contributed by atoms with van der Waals surface area (Å²) in [5.41, 5.74) is 0.679. The minimum Gasteiger partial charge on any atom is -0.395 e. The Morgan fingerprint density at radius 1 is 1.11 bits per heavy atom. The molecule has 0 saturated heterocycles. The second kappa shape index (κ2) is 7.92. The molecule has 18 heavy (non-hydrogen) atoms. The smallest absolute Gasteiger partial charge is 0.325 e. The van der Waals surface area contributed by atoms with Crippen molar-refractivity contribution in [1.82, 2.24) is 4.90 Å². The quantitative estimate of drug-likeness (QED) is 0.602. The molecule has 5 nitrogen and oxygen atoms in total. The van der Waals surface area contributed by atoms with Crippen LogP contribution in [0.5, 0.6) is 0 Å². The van der Waals surface area contributed by atoms with Crippen LogP contribution in [0.4, 0.5) is 10.5 Å². The van der Waals surface area contributed by atoms with E-state index in [4.69, 9.17) is 21.8 Å². The summed E-state index contributed by atoms with van der Waals surface area (Å²) in [5.74, 6) is 0. The van der Waals surface area contributed by atoms with E-state index in [0.717, 1.165) is 0 Å². The fourth-order valence-electron chi connectivity index (χ4n) is 1.55. The first-order valence-electron chi connectivity index (χ1n) is 5.63. The van der Waals surface area contributed by atoms with Gasteiger partial charge < -0.3 is 15.1 Å². The molecule has 0 spiro atoms. The molecule has 1 aromatic carbocycles. The number of aliphatic hydroxyl groups excluding tert-OH is 2. The molecule has 0 atom stereocenters. The fourth-order valence-corrected chi connectivity index (χ4v) is 1.79. The summed E-state index contributed by atoms with van der Waals surface area (Å²) < 4.78 is 0. The Hall–Kier alpha value is -1.30. The molecule has 100 valence electrons. The Kier molecular flexibility index (Phi) is 6.49. The predicted molar refractivity (Wildman–Crippen MR) is 70.8 cm³/mol. The first kappa shape index (κ1) is 14.8. The summed E-state index contributed by atoms with van der Waals surface area (Å²) in [7, 11) is 0. The normalized spacial score (nSPS) is 10.2. The van der Waals surface area contributed by atoms with Gasteiger partial charge in [0.25, 0.3) is 0 Å². The highest BCUT2D eigenvalue weighted by Gasteiger charge is 2.20. The number of para-hydroxylation sites is 1. The van der Waals surface area contributed by atoms with Gasteiger partial charge in [-0.3, -0.25) is 4.90 Å². The van der Waals surface area contributed by atoms with Crippen molar-refractivity contribution in [2.24, 2.45) is 0 Å². The third-order valence-electron chi connectivity index (χ3n) is 2.43. The minimum atomic E-state index is -0.334. The van der Waals surface area contributed by atoms with Crippen LogP contribution in [0.2, 0.25) is 0 Å². The van der Waals surface area contributed by atoms with Crippen LogP contribution in [-0.4, -0.2) is 53.5 Å². The van der Waals surface area contributed by atoms with Gasteiger partial charge in [0, 0.05) is 18.8 Å². The monoisotopic (exact) mass is 272 g/mol. The molecule has 1 rings (SSSR count). The molecule has 0 aromatic heterocycles. The van der Waals surface area contributed by atoms with Crippen LogP contribution >= 0.6 is 11.6 Å². The largest absolute Gasteiger partial charge is 0.395 e. The molecule has 0 bridgehead atoms. The van der Waals surface area contributed by atoms with Gasteiger partial charge in [-0.1, -0.05) is 18.2 Å². The number of alkyl halides is 1. The lowest BCUT2D eigenvalue weighted by atomic mass is 10.3. The number of carbonyl (C=O) groups excluding carboxylic acids is 1. The number of aliphatic hydroxyl groups is 2. The number of rotatable bonds is 6. The van der Waals surface area contributed by atoms with Crippen LogP contribution < -0.4 is 4.90 Å². The summed E-state index contributed by atoms with van der Waals surface area (Å²) in [5, 5.41) is 17.8. The Bertz CT molecular complexity index is 356. The molecule has 0 heterocycles. The summed E-state index contributed by atoms with van der Waals surface area (Å²) in [6, 6.07) is 8.69. The van der Waals surface area contributed by atoms with E-state index in [2.05, 4.69) is 0 Å². The molecule has 0 aliphatic heterocycles. The van der Waals surface area contributed by atoms with Crippen LogP contribution in [0.3, 0.4) is 0 Å². The Labute approximate surface area is 111 Å². The Morgan fingerprint density at radius 3 is 2.11 bits per heavy atom. The summed E-state index contributed by atoms with van der Waals surface area (Å²) in [6.07, 6.45) is 0. The van der Waals surface area contributed by atoms with E-state index < -0.39 is 0 Å². The van der Waals surface area contributed by atoms with Crippen molar-refractivity contribution in [3.63, 3.8) is 0 Å². The van der Waals surface area contributed by atoms with Gasteiger partial charge >= 0.3 is 6.03 Å². The Morgan fingerprint density at radius 2 is 1.67 bits per heavy atom. The number of anilines is 1. The van der Waals surface area contributed by atoms with E-state index in [1.54, 1.807) is 12.1 Å². The van der Waals surface area contributed by atoms with E-state index in [0.29, 0.717) is 5.69 Å². The van der Waals surface area contributed by atoms with Crippen LogP contribution in [0.15, 0.2) is 30.3 Å². The zero-order chi connectivity index (χ0) is 13.4. The maximum absolute atomic E-state index is 12.2. The zero-order valence-electron chi connectivity index (χ0n) is 10.00. The number of benzene rings is 1. The van der Waals surface area contributed by atoms with Crippen molar-refractivity contribution >= 4 is 23.3 Å². The number of carbonyl (C=O) groups is 1. The van der Waals surface area contributed by atoms with Crippen molar-refractivity contribution in [2.45, 2.75) is 0 Å². The lowest BCUT2D eigenvalue weighted by Gasteiger charge is -2.28. The first-order chi connectivity index (χ1) is 8.74. The highest BCUT2D eigenvalue weighted by molar-refractivity contribution is 6.21. The molecule has 0 aliphatic rings. The van der Waals surface area contributed by atoms with E-state index in [-0.39, 0.29) is 38.3 Å². The van der Waals surface area contributed by atoms with E-state index in [1.807, 2.05) is 18.2 Å². The standard InChI is InChI=1S/C12H17ClN2O3/c13-10-15(11-4-2-1-3-5-11)12(18)14(6-8-16)7-9-17/h1-5,16-17H,6-10H2. The highest BCUT2D eigenvalue weighted by atomic mass is 35.5. The predicted octanol–water partition coefficient (Wildman–Crippen LogP) is 1.10. The SMILES string of the molecule is O=C(N(CCO)CCO)N(CCl)c1ccccc1. The second-order valence-corrected chi connectivity index (χ2v) is 3.84. The van der Waals surface area contributed by atoms with Gasteiger partial charge in [-0.25, -0.2) is 4.79 Å². The number of nitrogens with zero attached hydrogens (tertiary/aromatic N) is 2. The van der Waals surface area contributed by atoms with Gasteiger partial charge in [-0.2, -0.15) is 0 Å². The molecule has 0 radical (unpaired) electrons.